The fourth-order valence-corrected chi connectivity index (χ4v) is 4.03. The van der Waals surface area contributed by atoms with Crippen molar-refractivity contribution in [3.05, 3.63) is 64.0 Å². The number of thiophene rings is 1. The molecule has 3 rings (SSSR count). The zero-order chi connectivity index (χ0) is 22.5. The topological polar surface area (TPSA) is 103 Å². The molecule has 160 valence electrons. The van der Waals surface area contributed by atoms with E-state index in [0.29, 0.717) is 27.4 Å². The minimum atomic E-state index is -1.13. The van der Waals surface area contributed by atoms with Crippen molar-refractivity contribution in [3.8, 4) is 21.9 Å². The lowest BCUT2D eigenvalue weighted by Crippen LogP contribution is -2.25. The van der Waals surface area contributed by atoms with Crippen molar-refractivity contribution in [2.24, 2.45) is 5.10 Å². The highest BCUT2D eigenvalue weighted by molar-refractivity contribution is 7.80. The summed E-state index contributed by atoms with van der Waals surface area (Å²) in [5, 5.41) is 28.6. The van der Waals surface area contributed by atoms with Gasteiger partial charge in [-0.2, -0.15) is 5.10 Å². The molecule has 2 aromatic carbocycles. The Balaban J connectivity index is 1.69. The van der Waals surface area contributed by atoms with Crippen LogP contribution in [-0.4, -0.2) is 27.0 Å². The lowest BCUT2D eigenvalue weighted by molar-refractivity contribution is -0.00618. The molecule has 0 radical (unpaired) electrons. The summed E-state index contributed by atoms with van der Waals surface area (Å²) in [6, 6.07) is 10.5. The number of benzene rings is 2. The maximum absolute atomic E-state index is 12.2. The number of nitrogens with zero attached hydrogens (tertiary/aromatic N) is 1. The molecule has 0 aliphatic heterocycles. The zero-order valence-corrected chi connectivity index (χ0v) is 18.2. The standard InChI is InChI=1S/C20H15ClFN3O4S2/c1-10(15-9-31-18(17(15)26)11-2-5-13(29-22)6-3-11)24-25-20(30)23-12-4-7-14(19(27)28)16(21)8-12/h2-9,26H,1H3,(H,27,28)(H2,23,25,30)/b24-10+. The summed E-state index contributed by atoms with van der Waals surface area (Å²) in [6.45, 7) is 1.69. The van der Waals surface area contributed by atoms with E-state index < -0.39 is 5.97 Å². The van der Waals surface area contributed by atoms with Crippen molar-refractivity contribution >= 4 is 57.6 Å². The Hall–Kier alpha value is -3.21. The van der Waals surface area contributed by atoms with Crippen molar-refractivity contribution in [2.45, 2.75) is 6.92 Å². The van der Waals surface area contributed by atoms with Crippen molar-refractivity contribution in [2.75, 3.05) is 5.32 Å². The Labute approximate surface area is 190 Å². The van der Waals surface area contributed by atoms with Gasteiger partial charge in [0.1, 0.15) is 5.75 Å². The smallest absolute Gasteiger partial charge is 0.337 e. The second-order valence-electron chi connectivity index (χ2n) is 6.19. The number of hydrogen-bond acceptors (Lipinski definition) is 6. The first kappa shape index (κ1) is 22.5. The van der Waals surface area contributed by atoms with Crippen LogP contribution < -0.4 is 15.7 Å². The third-order valence-corrected chi connectivity index (χ3v) is 5.67. The molecule has 31 heavy (non-hydrogen) atoms. The van der Waals surface area contributed by atoms with Crippen LogP contribution in [0.1, 0.15) is 22.8 Å². The summed E-state index contributed by atoms with van der Waals surface area (Å²) < 4.78 is 12.2. The van der Waals surface area contributed by atoms with Gasteiger partial charge in [0.15, 0.2) is 10.9 Å². The molecule has 0 saturated heterocycles. The van der Waals surface area contributed by atoms with Crippen LogP contribution in [0.3, 0.4) is 0 Å². The van der Waals surface area contributed by atoms with Gasteiger partial charge in [-0.25, -0.2) is 4.79 Å². The minimum absolute atomic E-state index is 0.0180. The van der Waals surface area contributed by atoms with Gasteiger partial charge in [-0.3, -0.25) is 10.4 Å². The molecular weight excluding hydrogens is 465 g/mol. The third kappa shape index (κ3) is 5.29. The molecule has 0 fully saturated rings. The molecular formula is C20H15ClFN3O4S2. The third-order valence-electron chi connectivity index (χ3n) is 4.14. The number of hydrazone groups is 1. The molecule has 1 aromatic heterocycles. The Bertz CT molecular complexity index is 1170. The number of thiocarbonyl (C=S) groups is 1. The monoisotopic (exact) mass is 479 g/mol. The summed E-state index contributed by atoms with van der Waals surface area (Å²) in [6.07, 6.45) is 0. The fraction of sp³-hybridized carbons (Fsp3) is 0.0500. The van der Waals surface area contributed by atoms with E-state index in [1.54, 1.807) is 24.4 Å². The van der Waals surface area contributed by atoms with Crippen molar-refractivity contribution in [1.82, 2.24) is 5.43 Å². The largest absolute Gasteiger partial charge is 0.506 e. The number of carboxylic acids is 1. The Morgan fingerprint density at radius 3 is 2.55 bits per heavy atom. The lowest BCUT2D eigenvalue weighted by atomic mass is 10.1. The van der Waals surface area contributed by atoms with Gasteiger partial charge in [-0.05, 0) is 67.2 Å². The maximum atomic E-state index is 12.2. The van der Waals surface area contributed by atoms with Gasteiger partial charge in [-0.1, -0.05) is 11.6 Å². The molecule has 0 unspecified atom stereocenters. The first-order chi connectivity index (χ1) is 14.8. The van der Waals surface area contributed by atoms with Gasteiger partial charge in [0.2, 0.25) is 0 Å². The normalized spacial score (nSPS) is 11.1. The summed E-state index contributed by atoms with van der Waals surface area (Å²) in [5.74, 6) is -1.02. The Morgan fingerprint density at radius 2 is 1.94 bits per heavy atom. The first-order valence-electron chi connectivity index (χ1n) is 8.64. The second-order valence-corrected chi connectivity index (χ2v) is 7.89. The van der Waals surface area contributed by atoms with Gasteiger partial charge in [-0.15, -0.1) is 11.3 Å². The number of nitrogens with one attached hydrogen (secondary N) is 2. The molecule has 0 aliphatic rings. The number of aromatic hydroxyl groups is 1. The highest BCUT2D eigenvalue weighted by Gasteiger charge is 2.15. The number of hydrogen-bond donors (Lipinski definition) is 4. The fourth-order valence-electron chi connectivity index (χ4n) is 2.59. The van der Waals surface area contributed by atoms with Gasteiger partial charge in [0.25, 0.3) is 0 Å². The molecule has 0 spiro atoms. The summed E-state index contributed by atoms with van der Waals surface area (Å²) in [4.78, 5) is 15.3. The van der Waals surface area contributed by atoms with Crippen LogP contribution in [0.5, 0.6) is 11.5 Å². The molecule has 1 heterocycles. The number of carboxylic acid groups (broad SMARTS) is 1. The Kier molecular flexibility index (Phi) is 7.06. The average Bonchev–Trinajstić information content (AvgIpc) is 3.13. The second kappa shape index (κ2) is 9.73. The summed E-state index contributed by atoms with van der Waals surface area (Å²) in [5.41, 5.74) is 4.82. The van der Waals surface area contributed by atoms with E-state index in [1.807, 2.05) is 0 Å². The molecule has 11 heteroatoms. The van der Waals surface area contributed by atoms with Gasteiger partial charge in [0, 0.05) is 15.6 Å². The summed E-state index contributed by atoms with van der Waals surface area (Å²) in [7, 11) is 0. The zero-order valence-electron chi connectivity index (χ0n) is 15.8. The van der Waals surface area contributed by atoms with Crippen LogP contribution in [0.25, 0.3) is 10.4 Å². The number of rotatable bonds is 6. The van der Waals surface area contributed by atoms with Crippen molar-refractivity contribution in [3.63, 3.8) is 0 Å². The molecule has 0 bridgehead atoms. The van der Waals surface area contributed by atoms with Gasteiger partial charge >= 0.3 is 5.97 Å². The van der Waals surface area contributed by atoms with E-state index in [1.165, 1.54) is 41.7 Å². The van der Waals surface area contributed by atoms with Crippen LogP contribution in [0.4, 0.5) is 10.2 Å². The van der Waals surface area contributed by atoms with Crippen LogP contribution >= 0.6 is 35.2 Å². The highest BCUT2D eigenvalue weighted by atomic mass is 35.5. The van der Waals surface area contributed by atoms with Crippen molar-refractivity contribution in [1.29, 1.82) is 0 Å². The van der Waals surface area contributed by atoms with Crippen LogP contribution in [0.15, 0.2) is 52.9 Å². The van der Waals surface area contributed by atoms with Crippen molar-refractivity contribution < 1.29 is 24.5 Å². The van der Waals surface area contributed by atoms with Gasteiger partial charge in [0.05, 0.1) is 26.7 Å². The quantitative estimate of drug-likeness (QED) is 0.212. The van der Waals surface area contributed by atoms with Gasteiger partial charge < -0.3 is 15.5 Å². The highest BCUT2D eigenvalue weighted by Crippen LogP contribution is 2.39. The number of halogens is 2. The van der Waals surface area contributed by atoms with Crippen LogP contribution in [-0.2, 0) is 0 Å². The van der Waals surface area contributed by atoms with E-state index >= 15 is 0 Å². The maximum Gasteiger partial charge on any atom is 0.337 e. The SMILES string of the molecule is C/C(=N\NC(=S)Nc1ccc(C(=O)O)c(Cl)c1)c1csc(-c2ccc(OF)cc2)c1O. The van der Waals surface area contributed by atoms with E-state index in [0.717, 1.165) is 0 Å². The number of aromatic carboxylic acids is 1. The summed E-state index contributed by atoms with van der Waals surface area (Å²) >= 11 is 12.4. The average molecular weight is 480 g/mol. The minimum Gasteiger partial charge on any atom is -0.506 e. The predicted octanol–water partition coefficient (Wildman–Crippen LogP) is 5.45. The molecule has 0 atom stereocenters. The van der Waals surface area contributed by atoms with E-state index in [9.17, 15) is 14.4 Å². The predicted molar refractivity (Wildman–Crippen MR) is 123 cm³/mol. The number of anilines is 1. The van der Waals surface area contributed by atoms with Crippen LogP contribution in [0, 0.1) is 0 Å². The first-order valence-corrected chi connectivity index (χ1v) is 10.3. The number of carbonyl (C=O) groups is 1. The molecule has 4 N–H and O–H groups in total. The lowest BCUT2D eigenvalue weighted by Gasteiger charge is -2.09. The molecule has 7 nitrogen and oxygen atoms in total. The molecule has 3 aromatic rings. The van der Waals surface area contributed by atoms with E-state index in [4.69, 9.17) is 28.9 Å². The molecule has 0 amide bonds. The Morgan fingerprint density at radius 1 is 1.23 bits per heavy atom. The molecule has 0 aliphatic carbocycles. The van der Waals surface area contributed by atoms with Crippen LogP contribution in [0.2, 0.25) is 5.02 Å². The molecule has 0 saturated carbocycles. The van der Waals surface area contributed by atoms with E-state index in [-0.39, 0.29) is 27.2 Å². The van der Waals surface area contributed by atoms with E-state index in [2.05, 4.69) is 20.8 Å².